The van der Waals surface area contributed by atoms with Gasteiger partial charge in [-0.3, -0.25) is 9.69 Å². The standard InChI is InChI=1S/C24H31N3O3/c1-17-7-5-8-18(15-17)10-11-19-12-13-21(27(19)23(29)30-24(2,3)4)22(28)26-14-6-9-20(26)16-25/h5,7-8,10-11,15,19-21H,6,9,12-14H2,1-4H3/t19-,20+,21-/m1/s1. The zero-order valence-corrected chi connectivity index (χ0v) is 18.3. The maximum absolute atomic E-state index is 13.3. The number of aryl methyl sites for hydroxylation is 1. The van der Waals surface area contributed by atoms with Gasteiger partial charge in [-0.15, -0.1) is 0 Å². The van der Waals surface area contributed by atoms with E-state index in [0.717, 1.165) is 17.5 Å². The molecule has 0 N–H and O–H groups in total. The fourth-order valence-electron chi connectivity index (χ4n) is 4.20. The van der Waals surface area contributed by atoms with Crippen LogP contribution < -0.4 is 0 Å². The smallest absolute Gasteiger partial charge is 0.411 e. The van der Waals surface area contributed by atoms with E-state index in [9.17, 15) is 14.9 Å². The van der Waals surface area contributed by atoms with Crippen molar-refractivity contribution < 1.29 is 14.3 Å². The van der Waals surface area contributed by atoms with Crippen molar-refractivity contribution in [1.29, 1.82) is 5.26 Å². The number of likely N-dealkylation sites (tertiary alicyclic amines) is 2. The Morgan fingerprint density at radius 1 is 1.23 bits per heavy atom. The summed E-state index contributed by atoms with van der Waals surface area (Å²) in [4.78, 5) is 29.5. The van der Waals surface area contributed by atoms with Gasteiger partial charge in [0.05, 0.1) is 12.1 Å². The number of carbonyl (C=O) groups excluding carboxylic acids is 2. The number of rotatable bonds is 3. The number of hydrogen-bond donors (Lipinski definition) is 0. The lowest BCUT2D eigenvalue weighted by molar-refractivity contribution is -0.136. The quantitative estimate of drug-likeness (QED) is 0.746. The summed E-state index contributed by atoms with van der Waals surface area (Å²) in [5, 5.41) is 9.38. The van der Waals surface area contributed by atoms with E-state index >= 15 is 0 Å². The van der Waals surface area contributed by atoms with Crippen molar-refractivity contribution in [2.45, 2.75) is 77.1 Å². The van der Waals surface area contributed by atoms with Crippen molar-refractivity contribution in [3.8, 4) is 6.07 Å². The summed E-state index contributed by atoms with van der Waals surface area (Å²) in [5.41, 5.74) is 1.57. The SMILES string of the molecule is Cc1cccc(C=C[C@@H]2CC[C@H](C(=O)N3CCC[C@H]3C#N)N2C(=O)OC(C)(C)C)c1. The van der Waals surface area contributed by atoms with E-state index in [-0.39, 0.29) is 11.9 Å². The van der Waals surface area contributed by atoms with Crippen LogP contribution >= 0.6 is 0 Å². The van der Waals surface area contributed by atoms with Gasteiger partial charge in [-0.25, -0.2) is 4.79 Å². The summed E-state index contributed by atoms with van der Waals surface area (Å²) in [7, 11) is 0. The largest absolute Gasteiger partial charge is 0.444 e. The number of hydrogen-bond acceptors (Lipinski definition) is 4. The van der Waals surface area contributed by atoms with Gasteiger partial charge >= 0.3 is 6.09 Å². The molecule has 2 heterocycles. The molecule has 0 bridgehead atoms. The Morgan fingerprint density at radius 3 is 2.67 bits per heavy atom. The number of amides is 2. The van der Waals surface area contributed by atoms with Crippen LogP contribution in [0.4, 0.5) is 4.79 Å². The molecule has 160 valence electrons. The number of benzene rings is 1. The van der Waals surface area contributed by atoms with Crippen LogP contribution in [0.3, 0.4) is 0 Å². The molecule has 1 aromatic carbocycles. The number of nitriles is 1. The van der Waals surface area contributed by atoms with Crippen molar-refractivity contribution in [3.05, 3.63) is 41.5 Å². The van der Waals surface area contributed by atoms with Gasteiger partial charge in [0, 0.05) is 6.54 Å². The fraction of sp³-hybridized carbons (Fsp3) is 0.542. The molecule has 1 aromatic rings. The van der Waals surface area contributed by atoms with Gasteiger partial charge in [-0.1, -0.05) is 42.0 Å². The van der Waals surface area contributed by atoms with Gasteiger partial charge < -0.3 is 9.64 Å². The molecule has 2 amide bonds. The second-order valence-corrected chi connectivity index (χ2v) is 9.14. The molecule has 2 aliphatic rings. The topological polar surface area (TPSA) is 73.6 Å². The van der Waals surface area contributed by atoms with Crippen molar-refractivity contribution in [2.75, 3.05) is 6.54 Å². The summed E-state index contributed by atoms with van der Waals surface area (Å²) >= 11 is 0. The number of ether oxygens (including phenoxy) is 1. The van der Waals surface area contributed by atoms with Crippen molar-refractivity contribution in [3.63, 3.8) is 0 Å². The van der Waals surface area contributed by atoms with Gasteiger partial charge in [0.2, 0.25) is 5.91 Å². The maximum Gasteiger partial charge on any atom is 0.411 e. The Morgan fingerprint density at radius 2 is 2.00 bits per heavy atom. The first kappa shape index (κ1) is 21.9. The van der Waals surface area contributed by atoms with E-state index < -0.39 is 23.8 Å². The third-order valence-corrected chi connectivity index (χ3v) is 5.56. The minimum absolute atomic E-state index is 0.142. The Kier molecular flexibility index (Phi) is 6.50. The van der Waals surface area contributed by atoms with E-state index in [1.807, 2.05) is 58.0 Å². The highest BCUT2D eigenvalue weighted by Gasteiger charge is 2.45. The van der Waals surface area contributed by atoms with Crippen molar-refractivity contribution in [2.24, 2.45) is 0 Å². The summed E-state index contributed by atoms with van der Waals surface area (Å²) < 4.78 is 5.64. The Bertz CT molecular complexity index is 865. The molecule has 0 aromatic heterocycles. The average molecular weight is 410 g/mol. The van der Waals surface area contributed by atoms with Gasteiger partial charge in [0.25, 0.3) is 0 Å². The Balaban J connectivity index is 1.84. The van der Waals surface area contributed by atoms with E-state index in [4.69, 9.17) is 4.74 Å². The highest BCUT2D eigenvalue weighted by atomic mass is 16.6. The normalized spacial score (nSPS) is 24.3. The van der Waals surface area contributed by atoms with E-state index in [1.54, 1.807) is 9.80 Å². The molecule has 0 radical (unpaired) electrons. The molecule has 6 nitrogen and oxygen atoms in total. The van der Waals surface area contributed by atoms with Gasteiger partial charge in [0.15, 0.2) is 0 Å². The van der Waals surface area contributed by atoms with Gasteiger partial charge in [0.1, 0.15) is 17.7 Å². The molecule has 30 heavy (non-hydrogen) atoms. The summed E-state index contributed by atoms with van der Waals surface area (Å²) in [5.74, 6) is -0.142. The molecule has 0 saturated carbocycles. The van der Waals surface area contributed by atoms with Crippen molar-refractivity contribution >= 4 is 18.1 Å². The first-order valence-corrected chi connectivity index (χ1v) is 10.7. The minimum Gasteiger partial charge on any atom is -0.444 e. The van der Waals surface area contributed by atoms with Crippen LogP contribution in [-0.4, -0.2) is 52.1 Å². The van der Waals surface area contributed by atoms with E-state index in [0.29, 0.717) is 25.8 Å². The average Bonchev–Trinajstić information content (AvgIpc) is 3.31. The summed E-state index contributed by atoms with van der Waals surface area (Å²) in [6, 6.07) is 9.12. The van der Waals surface area contributed by atoms with Crippen LogP contribution in [0.25, 0.3) is 6.08 Å². The fourth-order valence-corrected chi connectivity index (χ4v) is 4.20. The summed E-state index contributed by atoms with van der Waals surface area (Å²) in [6.45, 7) is 8.07. The molecule has 2 aliphatic heterocycles. The van der Waals surface area contributed by atoms with Crippen LogP contribution in [-0.2, 0) is 9.53 Å². The molecule has 3 rings (SSSR count). The lowest BCUT2D eigenvalue weighted by atomic mass is 10.1. The predicted molar refractivity (Wildman–Crippen MR) is 115 cm³/mol. The number of carbonyl (C=O) groups is 2. The first-order chi connectivity index (χ1) is 14.2. The lowest BCUT2D eigenvalue weighted by Crippen LogP contribution is -2.52. The van der Waals surface area contributed by atoms with Crippen molar-refractivity contribution in [1.82, 2.24) is 9.80 Å². The van der Waals surface area contributed by atoms with Gasteiger partial charge in [-0.2, -0.15) is 5.26 Å². The highest BCUT2D eigenvalue weighted by Crippen LogP contribution is 2.31. The minimum atomic E-state index is -0.652. The molecule has 6 heteroatoms. The zero-order valence-electron chi connectivity index (χ0n) is 18.3. The monoisotopic (exact) mass is 409 g/mol. The second kappa shape index (κ2) is 8.91. The maximum atomic E-state index is 13.3. The molecule has 2 saturated heterocycles. The number of nitrogens with zero attached hydrogens (tertiary/aromatic N) is 3. The van der Waals surface area contributed by atoms with E-state index in [2.05, 4.69) is 12.1 Å². The van der Waals surface area contributed by atoms with Crippen LogP contribution in [0.1, 0.15) is 57.6 Å². The molecular weight excluding hydrogens is 378 g/mol. The Hall–Kier alpha value is -2.81. The van der Waals surface area contributed by atoms with Gasteiger partial charge in [-0.05, 0) is 58.9 Å². The third-order valence-electron chi connectivity index (χ3n) is 5.56. The predicted octanol–water partition coefficient (Wildman–Crippen LogP) is 4.29. The van der Waals surface area contributed by atoms with Crippen LogP contribution in [0.2, 0.25) is 0 Å². The zero-order chi connectivity index (χ0) is 21.9. The van der Waals surface area contributed by atoms with E-state index in [1.165, 1.54) is 0 Å². The van der Waals surface area contributed by atoms with Crippen LogP contribution in [0, 0.1) is 18.3 Å². The molecule has 0 spiro atoms. The molecule has 0 aliphatic carbocycles. The lowest BCUT2D eigenvalue weighted by Gasteiger charge is -2.33. The second-order valence-electron chi connectivity index (χ2n) is 9.14. The summed E-state index contributed by atoms with van der Waals surface area (Å²) in [6.07, 6.45) is 6.26. The first-order valence-electron chi connectivity index (χ1n) is 10.7. The molecule has 3 atom stereocenters. The molecule has 0 unspecified atom stereocenters. The molecular formula is C24H31N3O3. The van der Waals surface area contributed by atoms with Crippen LogP contribution in [0.15, 0.2) is 30.3 Å². The highest BCUT2D eigenvalue weighted by molar-refractivity contribution is 5.87. The Labute approximate surface area is 179 Å². The third kappa shape index (κ3) is 5.02. The van der Waals surface area contributed by atoms with Crippen LogP contribution in [0.5, 0.6) is 0 Å². The molecule has 2 fully saturated rings.